The maximum absolute atomic E-state index is 12.0. The van der Waals surface area contributed by atoms with Crippen molar-refractivity contribution in [3.63, 3.8) is 0 Å². The third-order valence-electron chi connectivity index (χ3n) is 4.06. The number of rotatable bonds is 6. The predicted molar refractivity (Wildman–Crippen MR) is 77.6 cm³/mol. The summed E-state index contributed by atoms with van der Waals surface area (Å²) in [7, 11) is 0. The normalized spacial score (nSPS) is 28.9. The van der Waals surface area contributed by atoms with E-state index in [-0.39, 0.29) is 23.2 Å². The Labute approximate surface area is 127 Å². The van der Waals surface area contributed by atoms with Gasteiger partial charge in [0.15, 0.2) is 0 Å². The number of carbonyl (C=O) groups excluding carboxylic acids is 2. The van der Waals surface area contributed by atoms with Gasteiger partial charge < -0.3 is 15.5 Å². The molecule has 7 heteroatoms. The first-order valence-corrected chi connectivity index (χ1v) is 7.88. The molecule has 0 aromatic heterocycles. The number of nitrogens with one attached hydrogen (secondary N) is 1. The number of carboxylic acids is 1. The topological polar surface area (TPSA) is 104 Å². The van der Waals surface area contributed by atoms with E-state index in [0.717, 1.165) is 0 Å². The molecule has 1 saturated carbocycles. The van der Waals surface area contributed by atoms with E-state index in [2.05, 4.69) is 5.32 Å². The number of aliphatic hydroxyl groups excluding tert-OH is 1. The van der Waals surface area contributed by atoms with Crippen molar-refractivity contribution in [2.45, 2.75) is 26.4 Å². The fourth-order valence-corrected chi connectivity index (χ4v) is 4.33. The molecule has 0 radical (unpaired) electrons. The third kappa shape index (κ3) is 2.98. The van der Waals surface area contributed by atoms with Crippen LogP contribution in [0.1, 0.15) is 20.3 Å². The lowest BCUT2D eigenvalue weighted by molar-refractivity contribution is -0.149. The van der Waals surface area contributed by atoms with Gasteiger partial charge in [-0.1, -0.05) is 0 Å². The summed E-state index contributed by atoms with van der Waals surface area (Å²) >= 11 is 1.38. The van der Waals surface area contributed by atoms with Gasteiger partial charge in [0.05, 0.1) is 17.6 Å². The molecule has 116 valence electrons. The van der Waals surface area contributed by atoms with E-state index in [1.165, 1.54) is 18.7 Å². The minimum absolute atomic E-state index is 0.0909. The van der Waals surface area contributed by atoms with E-state index in [1.807, 2.05) is 0 Å². The molecule has 2 aliphatic rings. The minimum Gasteiger partial charge on any atom is -0.478 e. The van der Waals surface area contributed by atoms with E-state index >= 15 is 0 Å². The summed E-state index contributed by atoms with van der Waals surface area (Å²) in [5.74, 6) is -1.88. The van der Waals surface area contributed by atoms with Gasteiger partial charge in [0.2, 0.25) is 5.91 Å². The second-order valence-corrected chi connectivity index (χ2v) is 6.68. The van der Waals surface area contributed by atoms with Gasteiger partial charge in [-0.05, 0) is 24.2 Å². The molecular formula is C14H19NO5S. The van der Waals surface area contributed by atoms with Crippen molar-refractivity contribution in [3.8, 4) is 0 Å². The van der Waals surface area contributed by atoms with Crippen molar-refractivity contribution in [3.05, 3.63) is 10.5 Å². The lowest BCUT2D eigenvalue weighted by atomic mass is 9.61. The average molecular weight is 313 g/mol. The van der Waals surface area contributed by atoms with Gasteiger partial charge in [-0.2, -0.15) is 0 Å². The second-order valence-electron chi connectivity index (χ2n) is 5.49. The Kier molecular flexibility index (Phi) is 4.73. The number of ketones is 1. The first-order chi connectivity index (χ1) is 9.84. The van der Waals surface area contributed by atoms with Crippen LogP contribution < -0.4 is 5.32 Å². The summed E-state index contributed by atoms with van der Waals surface area (Å²) in [4.78, 5) is 34.9. The molecule has 0 aliphatic heterocycles. The van der Waals surface area contributed by atoms with Crippen molar-refractivity contribution in [2.75, 3.05) is 12.3 Å². The van der Waals surface area contributed by atoms with Gasteiger partial charge in [0.25, 0.3) is 0 Å². The van der Waals surface area contributed by atoms with Crippen molar-refractivity contribution in [2.24, 2.45) is 17.8 Å². The zero-order valence-corrected chi connectivity index (χ0v) is 12.8. The highest BCUT2D eigenvalue weighted by atomic mass is 32.2. The van der Waals surface area contributed by atoms with Gasteiger partial charge in [0, 0.05) is 25.1 Å². The number of carbonyl (C=O) groups is 3. The quantitative estimate of drug-likeness (QED) is 0.614. The Morgan fingerprint density at radius 2 is 2.14 bits per heavy atom. The maximum atomic E-state index is 12.0. The van der Waals surface area contributed by atoms with Crippen LogP contribution in [0, 0.1) is 17.8 Å². The van der Waals surface area contributed by atoms with E-state index < -0.39 is 23.9 Å². The van der Waals surface area contributed by atoms with Crippen molar-refractivity contribution < 1.29 is 24.6 Å². The number of hydrogen-bond acceptors (Lipinski definition) is 5. The van der Waals surface area contributed by atoms with Crippen LogP contribution >= 0.6 is 11.8 Å². The molecule has 6 nitrogen and oxygen atoms in total. The number of thioether (sulfide) groups is 1. The van der Waals surface area contributed by atoms with E-state index in [4.69, 9.17) is 0 Å². The summed E-state index contributed by atoms with van der Waals surface area (Å²) in [6.07, 6.45) is -0.212. The van der Waals surface area contributed by atoms with E-state index in [9.17, 15) is 24.6 Å². The number of carboxylic acid groups (broad SMARTS) is 1. The summed E-state index contributed by atoms with van der Waals surface area (Å²) in [5, 5.41) is 21.6. The monoisotopic (exact) mass is 313 g/mol. The number of Topliss-reactive ketones (excluding diaryl/α,β-unsaturated/α-hetero) is 1. The number of allylic oxidation sites excluding steroid dienone is 1. The maximum Gasteiger partial charge on any atom is 0.333 e. The Bertz CT molecular complexity index is 513. The third-order valence-corrected chi connectivity index (χ3v) is 5.20. The van der Waals surface area contributed by atoms with Gasteiger partial charge in [-0.3, -0.25) is 9.59 Å². The van der Waals surface area contributed by atoms with Crippen molar-refractivity contribution in [1.29, 1.82) is 0 Å². The molecule has 0 heterocycles. The van der Waals surface area contributed by atoms with Crippen molar-refractivity contribution in [1.82, 2.24) is 5.32 Å². The van der Waals surface area contributed by atoms with Crippen LogP contribution in [0.15, 0.2) is 10.5 Å². The minimum atomic E-state index is -1.05. The summed E-state index contributed by atoms with van der Waals surface area (Å²) < 4.78 is 0. The summed E-state index contributed by atoms with van der Waals surface area (Å²) in [6.45, 7) is 3.45. The Morgan fingerprint density at radius 1 is 1.48 bits per heavy atom. The summed E-state index contributed by atoms with van der Waals surface area (Å²) in [6, 6.07) is 0. The lowest BCUT2D eigenvalue weighted by Crippen LogP contribution is -2.51. The fourth-order valence-electron chi connectivity index (χ4n) is 3.20. The molecule has 0 spiro atoms. The molecule has 0 aromatic rings. The fraction of sp³-hybridized carbons (Fsp3) is 0.643. The van der Waals surface area contributed by atoms with Crippen LogP contribution in [0.5, 0.6) is 0 Å². The van der Waals surface area contributed by atoms with E-state index in [0.29, 0.717) is 23.6 Å². The molecule has 0 bridgehead atoms. The molecule has 2 unspecified atom stereocenters. The standard InChI is InChI=1S/C14H19NO5S/c1-6(16)10-8-5-9(21-4-3-15-7(2)17)12(14(19)20)11(8)13(10)18/h6,8,10-11,16H,3-5H2,1-2H3,(H,15,17)(H,19,20)/t6?,8-,10?,11-/m1/s1. The van der Waals surface area contributed by atoms with Gasteiger partial charge in [0.1, 0.15) is 5.78 Å². The first kappa shape index (κ1) is 16.0. The molecule has 4 atom stereocenters. The number of fused-ring (bicyclic) bond motifs is 1. The summed E-state index contributed by atoms with van der Waals surface area (Å²) in [5.41, 5.74) is 0.190. The number of aliphatic carboxylic acids is 1. The molecule has 3 N–H and O–H groups in total. The zero-order valence-electron chi connectivity index (χ0n) is 12.0. The number of hydrogen-bond donors (Lipinski definition) is 3. The average Bonchev–Trinajstić information content (AvgIpc) is 2.68. The molecule has 1 amide bonds. The molecular weight excluding hydrogens is 294 g/mol. The molecule has 2 rings (SSSR count). The first-order valence-electron chi connectivity index (χ1n) is 6.90. The van der Waals surface area contributed by atoms with Crippen molar-refractivity contribution >= 4 is 29.4 Å². The van der Waals surface area contributed by atoms with Crippen LogP contribution in [0.25, 0.3) is 0 Å². The number of aliphatic hydroxyl groups is 1. The molecule has 21 heavy (non-hydrogen) atoms. The molecule has 1 fully saturated rings. The van der Waals surface area contributed by atoms with Crippen LogP contribution in [0.2, 0.25) is 0 Å². The smallest absolute Gasteiger partial charge is 0.333 e. The molecule has 2 aliphatic carbocycles. The number of amides is 1. The van der Waals surface area contributed by atoms with Crippen LogP contribution in [0.3, 0.4) is 0 Å². The van der Waals surface area contributed by atoms with Gasteiger partial charge >= 0.3 is 5.97 Å². The Hall–Kier alpha value is -1.34. The van der Waals surface area contributed by atoms with E-state index in [1.54, 1.807) is 6.92 Å². The molecule has 0 saturated heterocycles. The zero-order chi connectivity index (χ0) is 15.7. The SMILES string of the molecule is CC(=O)NCCSC1=C(C(=O)O)[C@@H]2C(=O)C(C(C)O)[C@H]2C1. The van der Waals surface area contributed by atoms with Crippen LogP contribution in [-0.2, 0) is 14.4 Å². The predicted octanol–water partition coefficient (Wildman–Crippen LogP) is 0.410. The Morgan fingerprint density at radius 3 is 2.67 bits per heavy atom. The van der Waals surface area contributed by atoms with Gasteiger partial charge in [-0.25, -0.2) is 4.79 Å². The van der Waals surface area contributed by atoms with Crippen LogP contribution in [0.4, 0.5) is 0 Å². The molecule has 0 aromatic carbocycles. The highest BCUT2D eigenvalue weighted by molar-refractivity contribution is 8.03. The second kappa shape index (κ2) is 6.19. The van der Waals surface area contributed by atoms with Gasteiger partial charge in [-0.15, -0.1) is 11.8 Å². The Balaban J connectivity index is 2.04. The highest BCUT2D eigenvalue weighted by Crippen LogP contribution is 2.54. The van der Waals surface area contributed by atoms with Crippen LogP contribution in [-0.4, -0.2) is 46.3 Å². The largest absolute Gasteiger partial charge is 0.478 e. The lowest BCUT2D eigenvalue weighted by Gasteiger charge is -2.41. The highest BCUT2D eigenvalue weighted by Gasteiger charge is 2.58.